The number of benzene rings is 1. The van der Waals surface area contributed by atoms with Gasteiger partial charge in [0.25, 0.3) is 5.91 Å². The second-order valence-electron chi connectivity index (χ2n) is 10.0. The summed E-state index contributed by atoms with van der Waals surface area (Å²) < 4.78 is 2.09. The second-order valence-corrected chi connectivity index (χ2v) is 10.0. The lowest BCUT2D eigenvalue weighted by Gasteiger charge is -2.42. The Labute approximate surface area is 205 Å². The Balaban J connectivity index is 1.35. The first-order valence-electron chi connectivity index (χ1n) is 12.1. The van der Waals surface area contributed by atoms with Crippen molar-refractivity contribution in [1.29, 1.82) is 0 Å². The minimum atomic E-state index is -1.02. The summed E-state index contributed by atoms with van der Waals surface area (Å²) in [6.45, 7) is 7.72. The highest BCUT2D eigenvalue weighted by Gasteiger charge is 2.36. The monoisotopic (exact) mass is 472 g/mol. The Bertz CT molecular complexity index is 1400. The van der Waals surface area contributed by atoms with Crippen molar-refractivity contribution >= 4 is 33.5 Å². The van der Waals surface area contributed by atoms with Gasteiger partial charge in [-0.05, 0) is 63.9 Å². The molecule has 1 aliphatic rings. The summed E-state index contributed by atoms with van der Waals surface area (Å²) in [5.74, 6) is -0.119. The number of amides is 1. The van der Waals surface area contributed by atoms with Crippen LogP contribution in [0.25, 0.3) is 21.9 Å². The van der Waals surface area contributed by atoms with E-state index in [0.29, 0.717) is 24.6 Å². The molecule has 0 saturated carbocycles. The van der Waals surface area contributed by atoms with E-state index >= 15 is 0 Å². The number of pyridine rings is 2. The molecule has 0 bridgehead atoms. The number of aromatic nitrogens is 4. The number of hydrogen-bond acceptors (Lipinski definition) is 6. The number of anilines is 1. The van der Waals surface area contributed by atoms with Crippen LogP contribution in [-0.2, 0) is 0 Å². The standard InChI is InChI=1S/C27H32N6O2/c1-18(2)33-17-29-23-13-20(6-7-24(23)33)26(34)31(4)15-27(35)9-5-11-32(16-27)25-12-19(3)30-22-8-10-28-14-21(22)25/h6-8,10,12-14,17-18,35H,5,9,11,15-16H2,1-4H3/t27-/m0/s1. The first kappa shape index (κ1) is 23.2. The highest BCUT2D eigenvalue weighted by Crippen LogP contribution is 2.32. The number of fused-ring (bicyclic) bond motifs is 2. The number of carbonyl (C=O) groups excluding carboxylic acids is 1. The van der Waals surface area contributed by atoms with Crippen molar-refractivity contribution in [2.24, 2.45) is 0 Å². The van der Waals surface area contributed by atoms with Crippen LogP contribution in [0.4, 0.5) is 5.69 Å². The van der Waals surface area contributed by atoms with E-state index in [0.717, 1.165) is 46.3 Å². The Morgan fingerprint density at radius 3 is 2.86 bits per heavy atom. The molecule has 1 saturated heterocycles. The van der Waals surface area contributed by atoms with Crippen molar-refractivity contribution in [3.05, 3.63) is 60.3 Å². The Kier molecular flexibility index (Phi) is 5.92. The highest BCUT2D eigenvalue weighted by atomic mass is 16.3. The van der Waals surface area contributed by atoms with Gasteiger partial charge in [-0.15, -0.1) is 0 Å². The zero-order valence-corrected chi connectivity index (χ0v) is 20.8. The number of rotatable bonds is 5. The van der Waals surface area contributed by atoms with Crippen LogP contribution in [0.2, 0.25) is 0 Å². The van der Waals surface area contributed by atoms with Gasteiger partial charge in [-0.25, -0.2) is 4.98 Å². The molecule has 3 aromatic heterocycles. The van der Waals surface area contributed by atoms with Gasteiger partial charge in [0, 0.05) is 60.9 Å². The smallest absolute Gasteiger partial charge is 0.253 e. The minimum Gasteiger partial charge on any atom is -0.386 e. The Hall–Kier alpha value is -3.52. The maximum absolute atomic E-state index is 13.3. The normalized spacial score (nSPS) is 18.5. The third-order valence-corrected chi connectivity index (χ3v) is 6.87. The first-order chi connectivity index (χ1) is 16.7. The summed E-state index contributed by atoms with van der Waals surface area (Å²) in [6.07, 6.45) is 6.86. The van der Waals surface area contributed by atoms with Crippen LogP contribution in [0.5, 0.6) is 0 Å². The van der Waals surface area contributed by atoms with Crippen molar-refractivity contribution in [3.63, 3.8) is 0 Å². The molecule has 0 unspecified atom stereocenters. The Morgan fingerprint density at radius 1 is 1.23 bits per heavy atom. The molecular formula is C27H32N6O2. The third kappa shape index (κ3) is 4.46. The van der Waals surface area contributed by atoms with Crippen LogP contribution in [0, 0.1) is 6.92 Å². The fourth-order valence-corrected chi connectivity index (χ4v) is 5.20. The molecule has 4 heterocycles. The van der Waals surface area contributed by atoms with Crippen LogP contribution in [0.1, 0.15) is 48.8 Å². The lowest BCUT2D eigenvalue weighted by molar-refractivity contribution is 0.0000701. The Morgan fingerprint density at radius 2 is 2.06 bits per heavy atom. The average Bonchev–Trinajstić information content (AvgIpc) is 3.26. The van der Waals surface area contributed by atoms with Crippen molar-refractivity contribution in [2.75, 3.05) is 31.6 Å². The number of carbonyl (C=O) groups is 1. The number of nitrogens with zero attached hydrogens (tertiary/aromatic N) is 6. The van der Waals surface area contributed by atoms with E-state index in [1.807, 2.05) is 43.7 Å². The lowest BCUT2D eigenvalue weighted by atomic mass is 9.91. The largest absolute Gasteiger partial charge is 0.386 e. The number of hydrogen-bond donors (Lipinski definition) is 1. The van der Waals surface area contributed by atoms with Gasteiger partial charge in [-0.2, -0.15) is 0 Å². The van der Waals surface area contributed by atoms with E-state index in [4.69, 9.17) is 0 Å². The summed E-state index contributed by atoms with van der Waals surface area (Å²) in [5, 5.41) is 12.5. The van der Waals surface area contributed by atoms with Gasteiger partial charge in [0.15, 0.2) is 0 Å². The lowest BCUT2D eigenvalue weighted by Crippen LogP contribution is -2.54. The quantitative estimate of drug-likeness (QED) is 0.473. The van der Waals surface area contributed by atoms with Gasteiger partial charge >= 0.3 is 0 Å². The van der Waals surface area contributed by atoms with Crippen molar-refractivity contribution in [2.45, 2.75) is 45.3 Å². The van der Waals surface area contributed by atoms with Gasteiger partial charge < -0.3 is 19.5 Å². The van der Waals surface area contributed by atoms with Crippen molar-refractivity contribution in [3.8, 4) is 0 Å². The number of likely N-dealkylation sites (N-methyl/N-ethyl adjacent to an activating group) is 1. The molecule has 1 aromatic carbocycles. The van der Waals surface area contributed by atoms with Gasteiger partial charge in [-0.1, -0.05) is 0 Å². The van der Waals surface area contributed by atoms with Crippen LogP contribution >= 0.6 is 0 Å². The summed E-state index contributed by atoms with van der Waals surface area (Å²) in [5.41, 5.74) is 4.22. The summed E-state index contributed by atoms with van der Waals surface area (Å²) in [6, 6.07) is 9.89. The number of β-amino-alcohol motifs (C(OH)–C–C–N with tert-alkyl or cyclic N) is 1. The highest BCUT2D eigenvalue weighted by molar-refractivity contribution is 5.97. The molecular weight excluding hydrogens is 440 g/mol. The topological polar surface area (TPSA) is 87.4 Å². The second kappa shape index (κ2) is 8.92. The van der Waals surface area contributed by atoms with E-state index in [-0.39, 0.29) is 12.5 Å². The van der Waals surface area contributed by atoms with Gasteiger partial charge in [0.05, 0.1) is 35.0 Å². The van der Waals surface area contributed by atoms with Crippen molar-refractivity contribution in [1.82, 2.24) is 24.4 Å². The molecule has 182 valence electrons. The van der Waals surface area contributed by atoms with E-state index in [1.165, 1.54) is 0 Å². The minimum absolute atomic E-state index is 0.119. The van der Waals surface area contributed by atoms with Crippen LogP contribution in [0.15, 0.2) is 49.1 Å². The SMILES string of the molecule is Cc1cc(N2CCC[C@](O)(CN(C)C(=O)c3ccc4c(c3)ncn4C(C)C)C2)c2cnccc2n1. The van der Waals surface area contributed by atoms with E-state index in [9.17, 15) is 9.90 Å². The van der Waals surface area contributed by atoms with Gasteiger partial charge in [0.1, 0.15) is 0 Å². The van der Waals surface area contributed by atoms with Gasteiger partial charge in [0.2, 0.25) is 0 Å². The number of imidazole rings is 1. The number of piperidine rings is 1. The molecule has 1 atom stereocenters. The summed E-state index contributed by atoms with van der Waals surface area (Å²) >= 11 is 0. The van der Waals surface area contributed by atoms with Crippen LogP contribution < -0.4 is 4.90 Å². The molecule has 0 radical (unpaired) electrons. The molecule has 35 heavy (non-hydrogen) atoms. The molecule has 0 aliphatic carbocycles. The maximum atomic E-state index is 13.3. The van der Waals surface area contributed by atoms with Crippen molar-refractivity contribution < 1.29 is 9.90 Å². The predicted molar refractivity (Wildman–Crippen MR) is 138 cm³/mol. The zero-order valence-electron chi connectivity index (χ0n) is 20.8. The molecule has 0 spiro atoms. The molecule has 1 N–H and O–H groups in total. The molecule has 5 rings (SSSR count). The molecule has 1 amide bonds. The third-order valence-electron chi connectivity index (χ3n) is 6.87. The van der Waals surface area contributed by atoms with Gasteiger partial charge in [-0.3, -0.25) is 14.8 Å². The predicted octanol–water partition coefficient (Wildman–Crippen LogP) is 3.97. The van der Waals surface area contributed by atoms with Crippen LogP contribution in [-0.4, -0.2) is 67.7 Å². The van der Waals surface area contributed by atoms with E-state index in [1.54, 1.807) is 18.1 Å². The fraction of sp³-hybridized carbons (Fsp3) is 0.407. The maximum Gasteiger partial charge on any atom is 0.253 e. The van der Waals surface area contributed by atoms with E-state index in [2.05, 4.69) is 44.3 Å². The number of aliphatic hydroxyl groups is 1. The molecule has 8 nitrogen and oxygen atoms in total. The number of aryl methyl sites for hydroxylation is 1. The fourth-order valence-electron chi connectivity index (χ4n) is 5.20. The molecule has 1 fully saturated rings. The summed E-state index contributed by atoms with van der Waals surface area (Å²) in [4.78, 5) is 30.5. The van der Waals surface area contributed by atoms with E-state index < -0.39 is 5.60 Å². The molecule has 4 aromatic rings. The molecule has 8 heteroatoms. The first-order valence-corrected chi connectivity index (χ1v) is 12.1. The van der Waals surface area contributed by atoms with Crippen LogP contribution in [0.3, 0.4) is 0 Å². The summed E-state index contributed by atoms with van der Waals surface area (Å²) in [7, 11) is 1.76. The average molecular weight is 473 g/mol. The molecule has 1 aliphatic heterocycles. The zero-order chi connectivity index (χ0) is 24.7.